The summed E-state index contributed by atoms with van der Waals surface area (Å²) >= 11 is 0. The molecule has 2 aromatic carbocycles. The zero-order valence-electron chi connectivity index (χ0n) is 11.1. The summed E-state index contributed by atoms with van der Waals surface area (Å²) in [5, 5.41) is 2.43. The smallest absolute Gasteiger partial charge is 0.124 e. The van der Waals surface area contributed by atoms with Gasteiger partial charge in [0.2, 0.25) is 0 Å². The third kappa shape index (κ3) is 2.49. The number of rotatable bonds is 5. The van der Waals surface area contributed by atoms with Gasteiger partial charge >= 0.3 is 0 Å². The van der Waals surface area contributed by atoms with Gasteiger partial charge in [0, 0.05) is 11.6 Å². The highest BCUT2D eigenvalue weighted by Crippen LogP contribution is 2.33. The maximum Gasteiger partial charge on any atom is 0.124 e. The van der Waals surface area contributed by atoms with Gasteiger partial charge in [-0.3, -0.25) is 0 Å². The monoisotopic (exact) mass is 243 g/mol. The van der Waals surface area contributed by atoms with E-state index in [1.807, 2.05) is 6.07 Å². The lowest BCUT2D eigenvalue weighted by Crippen LogP contribution is -2.12. The molecule has 0 spiro atoms. The Morgan fingerprint density at radius 1 is 1.11 bits per heavy atom. The normalized spacial score (nSPS) is 12.6. The van der Waals surface area contributed by atoms with Crippen LogP contribution in [0.1, 0.15) is 38.3 Å². The largest absolute Gasteiger partial charge is 0.493 e. The summed E-state index contributed by atoms with van der Waals surface area (Å²) in [5.74, 6) is 0.935. The third-order valence-corrected chi connectivity index (χ3v) is 3.20. The molecule has 1 atom stereocenters. The molecule has 0 aliphatic heterocycles. The summed E-state index contributed by atoms with van der Waals surface area (Å²) in [4.78, 5) is 0. The summed E-state index contributed by atoms with van der Waals surface area (Å²) in [7, 11) is 0. The SMILES string of the molecule is CCCOc1ccc2ccccc2c1C(N)CC. The van der Waals surface area contributed by atoms with Crippen LogP contribution in [0.15, 0.2) is 36.4 Å². The first-order chi connectivity index (χ1) is 8.77. The molecule has 0 aliphatic carbocycles. The average Bonchev–Trinajstić information content (AvgIpc) is 2.43. The molecule has 2 rings (SSSR count). The number of hydrogen-bond acceptors (Lipinski definition) is 2. The van der Waals surface area contributed by atoms with Gasteiger partial charge in [-0.25, -0.2) is 0 Å². The molecular weight excluding hydrogens is 222 g/mol. The Morgan fingerprint density at radius 3 is 2.61 bits per heavy atom. The van der Waals surface area contributed by atoms with Gasteiger partial charge in [0.1, 0.15) is 5.75 Å². The van der Waals surface area contributed by atoms with E-state index in [1.165, 1.54) is 10.8 Å². The van der Waals surface area contributed by atoms with E-state index in [0.29, 0.717) is 0 Å². The van der Waals surface area contributed by atoms with E-state index in [-0.39, 0.29) is 6.04 Å². The lowest BCUT2D eigenvalue weighted by atomic mass is 9.96. The van der Waals surface area contributed by atoms with Crippen molar-refractivity contribution in [3.05, 3.63) is 42.0 Å². The Kier molecular flexibility index (Phi) is 4.21. The summed E-state index contributed by atoms with van der Waals surface area (Å²) in [6.07, 6.45) is 1.92. The first kappa shape index (κ1) is 12.9. The molecule has 0 radical (unpaired) electrons. The van der Waals surface area contributed by atoms with Gasteiger partial charge in [0.05, 0.1) is 6.61 Å². The summed E-state index contributed by atoms with van der Waals surface area (Å²) in [6, 6.07) is 12.5. The molecule has 0 aromatic heterocycles. The molecule has 2 aromatic rings. The number of ether oxygens (including phenoxy) is 1. The van der Waals surface area contributed by atoms with Crippen LogP contribution < -0.4 is 10.5 Å². The maximum absolute atomic E-state index is 6.25. The van der Waals surface area contributed by atoms with Gasteiger partial charge < -0.3 is 10.5 Å². The van der Waals surface area contributed by atoms with Crippen molar-refractivity contribution in [1.82, 2.24) is 0 Å². The van der Waals surface area contributed by atoms with Crippen LogP contribution in [0.25, 0.3) is 10.8 Å². The second-order valence-electron chi connectivity index (χ2n) is 4.56. The van der Waals surface area contributed by atoms with E-state index >= 15 is 0 Å². The highest BCUT2D eigenvalue weighted by Gasteiger charge is 2.14. The van der Waals surface area contributed by atoms with Crippen LogP contribution in [0.3, 0.4) is 0 Å². The molecule has 0 amide bonds. The van der Waals surface area contributed by atoms with E-state index < -0.39 is 0 Å². The van der Waals surface area contributed by atoms with Crippen LogP contribution in [-0.2, 0) is 0 Å². The Bertz CT molecular complexity index is 521. The topological polar surface area (TPSA) is 35.2 Å². The fourth-order valence-corrected chi connectivity index (χ4v) is 2.20. The minimum Gasteiger partial charge on any atom is -0.493 e. The van der Waals surface area contributed by atoms with E-state index in [9.17, 15) is 0 Å². The Morgan fingerprint density at radius 2 is 1.89 bits per heavy atom. The molecule has 0 saturated heterocycles. The van der Waals surface area contributed by atoms with Crippen molar-refractivity contribution in [3.8, 4) is 5.75 Å². The molecule has 96 valence electrons. The molecule has 0 heterocycles. The van der Waals surface area contributed by atoms with Gasteiger partial charge in [0.15, 0.2) is 0 Å². The molecule has 1 unspecified atom stereocenters. The number of hydrogen-bond donors (Lipinski definition) is 1. The first-order valence-corrected chi connectivity index (χ1v) is 6.68. The van der Waals surface area contributed by atoms with Crippen molar-refractivity contribution >= 4 is 10.8 Å². The van der Waals surface area contributed by atoms with Crippen molar-refractivity contribution in [3.63, 3.8) is 0 Å². The van der Waals surface area contributed by atoms with Crippen LogP contribution in [0, 0.1) is 0 Å². The second-order valence-corrected chi connectivity index (χ2v) is 4.56. The fraction of sp³-hybridized carbons (Fsp3) is 0.375. The highest BCUT2D eigenvalue weighted by molar-refractivity contribution is 5.88. The lowest BCUT2D eigenvalue weighted by molar-refractivity contribution is 0.312. The van der Waals surface area contributed by atoms with Gasteiger partial charge in [-0.1, -0.05) is 44.2 Å². The highest BCUT2D eigenvalue weighted by atomic mass is 16.5. The number of benzene rings is 2. The van der Waals surface area contributed by atoms with Gasteiger partial charge in [-0.15, -0.1) is 0 Å². The van der Waals surface area contributed by atoms with Crippen molar-refractivity contribution < 1.29 is 4.74 Å². The van der Waals surface area contributed by atoms with E-state index in [4.69, 9.17) is 10.5 Å². The first-order valence-electron chi connectivity index (χ1n) is 6.68. The Labute approximate surface area is 109 Å². The predicted octanol–water partition coefficient (Wildman–Crippen LogP) is 4.04. The van der Waals surface area contributed by atoms with Crippen LogP contribution in [0.4, 0.5) is 0 Å². The standard InChI is InChI=1S/C16H21NO/c1-3-11-18-15-10-9-12-7-5-6-8-13(12)16(15)14(17)4-2/h5-10,14H,3-4,11,17H2,1-2H3. The van der Waals surface area contributed by atoms with Gasteiger partial charge in [-0.2, -0.15) is 0 Å². The fourth-order valence-electron chi connectivity index (χ4n) is 2.20. The second kappa shape index (κ2) is 5.87. The Hall–Kier alpha value is -1.54. The van der Waals surface area contributed by atoms with Crippen molar-refractivity contribution in [2.24, 2.45) is 5.73 Å². The quantitative estimate of drug-likeness (QED) is 0.860. The molecule has 0 bridgehead atoms. The maximum atomic E-state index is 6.25. The van der Waals surface area contributed by atoms with Crippen LogP contribution in [0.5, 0.6) is 5.75 Å². The van der Waals surface area contributed by atoms with Crippen molar-refractivity contribution in [1.29, 1.82) is 0 Å². The Balaban J connectivity index is 2.55. The summed E-state index contributed by atoms with van der Waals surface area (Å²) < 4.78 is 5.84. The zero-order valence-corrected chi connectivity index (χ0v) is 11.1. The van der Waals surface area contributed by atoms with Crippen molar-refractivity contribution in [2.75, 3.05) is 6.61 Å². The number of fused-ring (bicyclic) bond motifs is 1. The van der Waals surface area contributed by atoms with E-state index in [2.05, 4.69) is 44.2 Å². The molecule has 0 fully saturated rings. The summed E-state index contributed by atoms with van der Waals surface area (Å²) in [5.41, 5.74) is 7.40. The van der Waals surface area contributed by atoms with Crippen LogP contribution in [0.2, 0.25) is 0 Å². The molecule has 0 saturated carbocycles. The lowest BCUT2D eigenvalue weighted by Gasteiger charge is -2.18. The molecule has 0 aliphatic rings. The minimum absolute atomic E-state index is 0.0305. The zero-order chi connectivity index (χ0) is 13.0. The molecule has 2 N–H and O–H groups in total. The van der Waals surface area contributed by atoms with Gasteiger partial charge in [-0.05, 0) is 29.7 Å². The van der Waals surface area contributed by atoms with E-state index in [1.54, 1.807) is 0 Å². The summed E-state index contributed by atoms with van der Waals surface area (Å²) in [6.45, 7) is 4.96. The van der Waals surface area contributed by atoms with Crippen molar-refractivity contribution in [2.45, 2.75) is 32.7 Å². The molecular formula is C16H21NO. The third-order valence-electron chi connectivity index (χ3n) is 3.20. The minimum atomic E-state index is 0.0305. The van der Waals surface area contributed by atoms with Crippen LogP contribution >= 0.6 is 0 Å². The average molecular weight is 243 g/mol. The predicted molar refractivity (Wildman–Crippen MR) is 77.0 cm³/mol. The van der Waals surface area contributed by atoms with Gasteiger partial charge in [0.25, 0.3) is 0 Å². The molecule has 2 nitrogen and oxygen atoms in total. The number of nitrogens with two attached hydrogens (primary N) is 1. The molecule has 18 heavy (non-hydrogen) atoms. The van der Waals surface area contributed by atoms with Crippen LogP contribution in [-0.4, -0.2) is 6.61 Å². The van der Waals surface area contributed by atoms with E-state index in [0.717, 1.165) is 30.8 Å². The molecule has 2 heteroatoms.